The van der Waals surface area contributed by atoms with Crippen molar-refractivity contribution in [3.63, 3.8) is 0 Å². The van der Waals surface area contributed by atoms with Gasteiger partial charge in [-0.2, -0.15) is 0 Å². The first-order valence-electron chi connectivity index (χ1n) is 7.77. The minimum absolute atomic E-state index is 0.0310. The van der Waals surface area contributed by atoms with E-state index in [1.54, 1.807) is 0 Å². The fraction of sp³-hybridized carbons (Fsp3) is 0.235. The number of carbonyl (C=O) groups excluding carboxylic acids is 1. The Labute approximate surface area is 147 Å². The van der Waals surface area contributed by atoms with Crippen molar-refractivity contribution in [1.29, 1.82) is 5.41 Å². The maximum atomic E-state index is 14.2. The van der Waals surface area contributed by atoms with Gasteiger partial charge in [0.15, 0.2) is 0 Å². The lowest BCUT2D eigenvalue weighted by atomic mass is 10.0. The van der Waals surface area contributed by atoms with Gasteiger partial charge >= 0.3 is 0 Å². The van der Waals surface area contributed by atoms with Gasteiger partial charge in [0, 0.05) is 18.2 Å². The molecule has 0 spiro atoms. The monoisotopic (exact) mass is 363 g/mol. The number of nitrogens with zero attached hydrogens (tertiary/aromatic N) is 2. The highest BCUT2D eigenvalue weighted by molar-refractivity contribution is 6.03. The number of nitrogens with two attached hydrogens (primary N) is 2. The number of amidine groups is 1. The van der Waals surface area contributed by atoms with Gasteiger partial charge in [-0.05, 0) is 24.3 Å². The van der Waals surface area contributed by atoms with Gasteiger partial charge in [-0.25, -0.2) is 18.2 Å². The first-order chi connectivity index (χ1) is 12.3. The van der Waals surface area contributed by atoms with E-state index in [4.69, 9.17) is 16.9 Å². The highest BCUT2D eigenvalue weighted by Gasteiger charge is 2.37. The predicted octanol–water partition coefficient (Wildman–Crippen LogP) is 2.15. The van der Waals surface area contributed by atoms with Crippen LogP contribution in [0.1, 0.15) is 33.9 Å². The van der Waals surface area contributed by atoms with Crippen molar-refractivity contribution in [1.82, 2.24) is 9.88 Å². The molecule has 1 aromatic carbocycles. The van der Waals surface area contributed by atoms with Gasteiger partial charge in [0.2, 0.25) is 5.91 Å². The minimum atomic E-state index is -1.34. The zero-order chi connectivity index (χ0) is 19.0. The van der Waals surface area contributed by atoms with Crippen LogP contribution in [0.3, 0.4) is 0 Å². The maximum Gasteiger partial charge on any atom is 0.250 e. The second-order valence-corrected chi connectivity index (χ2v) is 6.04. The molecule has 1 saturated heterocycles. The summed E-state index contributed by atoms with van der Waals surface area (Å²) in [5.41, 5.74) is 11.0. The molecule has 2 heterocycles. The zero-order valence-electron chi connectivity index (χ0n) is 13.5. The lowest BCUT2D eigenvalue weighted by Gasteiger charge is -2.28. The number of amides is 1. The van der Waals surface area contributed by atoms with Crippen LogP contribution in [0.25, 0.3) is 0 Å². The molecule has 9 heteroatoms. The Morgan fingerprint density at radius 1 is 1.31 bits per heavy atom. The van der Waals surface area contributed by atoms with Crippen molar-refractivity contribution in [3.8, 4) is 0 Å². The summed E-state index contributed by atoms with van der Waals surface area (Å²) >= 11 is 0. The third-order valence-electron chi connectivity index (χ3n) is 4.31. The van der Waals surface area contributed by atoms with E-state index in [9.17, 15) is 18.0 Å². The van der Waals surface area contributed by atoms with Crippen molar-refractivity contribution in [2.75, 3.05) is 12.3 Å². The fourth-order valence-corrected chi connectivity index (χ4v) is 3.05. The maximum absolute atomic E-state index is 14.2. The van der Waals surface area contributed by atoms with Crippen LogP contribution >= 0.6 is 0 Å². The molecule has 5 N–H and O–H groups in total. The lowest BCUT2D eigenvalue weighted by Crippen LogP contribution is -2.33. The van der Waals surface area contributed by atoms with E-state index in [0.29, 0.717) is 0 Å². The van der Waals surface area contributed by atoms with Crippen LogP contribution in [0.4, 0.5) is 19.0 Å². The van der Waals surface area contributed by atoms with Crippen LogP contribution in [0.15, 0.2) is 30.5 Å². The molecule has 0 unspecified atom stereocenters. The summed E-state index contributed by atoms with van der Waals surface area (Å²) in [6.45, 7) is -0.195. The number of hydrogen-bond donors (Lipinski definition) is 3. The summed E-state index contributed by atoms with van der Waals surface area (Å²) in [6.07, 6.45) is -0.275. The number of aromatic nitrogens is 1. The molecule has 2 aromatic rings. The summed E-state index contributed by atoms with van der Waals surface area (Å²) in [5, 5.41) is 8.37. The Bertz CT molecular complexity index is 889. The molecule has 1 fully saturated rings. The molecule has 2 atom stereocenters. The number of pyridine rings is 1. The highest BCUT2D eigenvalue weighted by atomic mass is 19.1. The molecule has 136 valence electrons. The number of nitrogen functional groups attached to an aromatic ring is 1. The molecule has 0 bridgehead atoms. The third kappa shape index (κ3) is 3.19. The summed E-state index contributed by atoms with van der Waals surface area (Å²) in [6, 6.07) is 3.30. The number of rotatable bonds is 3. The van der Waals surface area contributed by atoms with Gasteiger partial charge in [0.25, 0.3) is 0 Å². The molecule has 26 heavy (non-hydrogen) atoms. The molecule has 1 aromatic heterocycles. The lowest BCUT2D eigenvalue weighted by molar-refractivity contribution is 0.1000. The molecule has 0 radical (unpaired) electrons. The molecule has 0 saturated carbocycles. The second kappa shape index (κ2) is 6.66. The van der Waals surface area contributed by atoms with Crippen LogP contribution in [-0.4, -0.2) is 34.3 Å². The molecular weight excluding hydrogens is 347 g/mol. The quantitative estimate of drug-likeness (QED) is 0.573. The van der Waals surface area contributed by atoms with Gasteiger partial charge in [-0.15, -0.1) is 0 Å². The molecule has 1 aliphatic heterocycles. The number of primary amides is 1. The van der Waals surface area contributed by atoms with E-state index in [0.717, 1.165) is 18.2 Å². The molecule has 0 aliphatic carbocycles. The Morgan fingerprint density at radius 2 is 2.04 bits per heavy atom. The van der Waals surface area contributed by atoms with Gasteiger partial charge in [0.05, 0.1) is 23.7 Å². The second-order valence-electron chi connectivity index (χ2n) is 6.04. The van der Waals surface area contributed by atoms with E-state index < -0.39 is 29.8 Å². The van der Waals surface area contributed by atoms with Crippen LogP contribution in [0.5, 0.6) is 0 Å². The van der Waals surface area contributed by atoms with Gasteiger partial charge in [0.1, 0.15) is 29.5 Å². The van der Waals surface area contributed by atoms with Crippen molar-refractivity contribution < 1.29 is 18.0 Å². The number of nitrogens with one attached hydrogen (secondary N) is 1. The molecule has 1 amide bonds. The smallest absolute Gasteiger partial charge is 0.250 e. The Kier molecular flexibility index (Phi) is 4.54. The largest absolute Gasteiger partial charge is 0.383 e. The van der Waals surface area contributed by atoms with E-state index in [1.165, 1.54) is 17.2 Å². The van der Waals surface area contributed by atoms with E-state index in [1.807, 2.05) is 0 Å². The number of benzene rings is 1. The average Bonchev–Trinajstić information content (AvgIpc) is 2.98. The number of halogens is 3. The number of hydrogen-bond acceptors (Lipinski definition) is 4. The molecule has 6 nitrogen and oxygen atoms in total. The summed E-state index contributed by atoms with van der Waals surface area (Å²) < 4.78 is 41.7. The minimum Gasteiger partial charge on any atom is -0.383 e. The van der Waals surface area contributed by atoms with Crippen molar-refractivity contribution in [2.24, 2.45) is 5.73 Å². The molecule has 1 aliphatic rings. The standard InChI is InChI=1S/C17H16F3N5O/c18-9-1-2-13(20)11(4-9)14-5-10(19)7-25(14)16(22)12-3-8(17(23)26)6-24-15(12)21/h1-4,6,10,14,22H,5,7H2,(H2,21,24)(H2,23,26)/t10-,14+/m0/s1. The van der Waals surface area contributed by atoms with Gasteiger partial charge < -0.3 is 16.4 Å². The number of alkyl halides is 1. The SMILES string of the molecule is N=C(c1cc(C(N)=O)cnc1N)N1C[C@@H](F)C[C@@H]1c1cc(F)ccc1F. The Morgan fingerprint density at radius 3 is 2.73 bits per heavy atom. The number of anilines is 1. The van der Waals surface area contributed by atoms with Crippen LogP contribution < -0.4 is 11.5 Å². The fourth-order valence-electron chi connectivity index (χ4n) is 3.05. The van der Waals surface area contributed by atoms with Crippen molar-refractivity contribution in [2.45, 2.75) is 18.6 Å². The topological polar surface area (TPSA) is 109 Å². The van der Waals surface area contributed by atoms with Crippen molar-refractivity contribution >= 4 is 17.6 Å². The average molecular weight is 363 g/mol. The number of likely N-dealkylation sites (tertiary alicyclic amines) is 1. The van der Waals surface area contributed by atoms with E-state index >= 15 is 0 Å². The van der Waals surface area contributed by atoms with Crippen molar-refractivity contribution in [3.05, 3.63) is 58.8 Å². The van der Waals surface area contributed by atoms with E-state index in [-0.39, 0.29) is 41.3 Å². The van der Waals surface area contributed by atoms with E-state index in [2.05, 4.69) is 4.98 Å². The normalized spacial score (nSPS) is 19.6. The van der Waals surface area contributed by atoms with Gasteiger partial charge in [-0.1, -0.05) is 0 Å². The van der Waals surface area contributed by atoms with Crippen LogP contribution in [0, 0.1) is 17.0 Å². The Hall–Kier alpha value is -3.10. The zero-order valence-corrected chi connectivity index (χ0v) is 13.5. The first-order valence-corrected chi connectivity index (χ1v) is 7.77. The first kappa shape index (κ1) is 17.7. The summed E-state index contributed by atoms with van der Waals surface area (Å²) in [7, 11) is 0. The molecule has 3 rings (SSSR count). The van der Waals surface area contributed by atoms with Crippen LogP contribution in [0.2, 0.25) is 0 Å². The summed E-state index contributed by atoms with van der Waals surface area (Å²) in [5.74, 6) is -2.41. The predicted molar refractivity (Wildman–Crippen MR) is 89.3 cm³/mol. The number of carbonyl (C=O) groups is 1. The molecular formula is C17H16F3N5O. The van der Waals surface area contributed by atoms with Gasteiger partial charge in [-0.3, -0.25) is 10.2 Å². The summed E-state index contributed by atoms with van der Waals surface area (Å²) in [4.78, 5) is 16.4. The Balaban J connectivity index is 2.01. The third-order valence-corrected chi connectivity index (χ3v) is 4.31. The van der Waals surface area contributed by atoms with Crippen LogP contribution in [-0.2, 0) is 0 Å². The highest BCUT2D eigenvalue weighted by Crippen LogP contribution is 2.36.